The molecule has 20 heavy (non-hydrogen) atoms. The smallest absolute Gasteiger partial charge is 0.329 e. The zero-order valence-corrected chi connectivity index (χ0v) is 11.4. The van der Waals surface area contributed by atoms with Crippen molar-refractivity contribution >= 4 is 11.9 Å². The Morgan fingerprint density at radius 3 is 2.35 bits per heavy atom. The van der Waals surface area contributed by atoms with Gasteiger partial charge in [-0.2, -0.15) is 0 Å². The number of ether oxygens (including phenoxy) is 1. The van der Waals surface area contributed by atoms with E-state index in [0.717, 1.165) is 0 Å². The van der Waals surface area contributed by atoms with Gasteiger partial charge in [-0.1, -0.05) is 0 Å². The Kier molecular flexibility index (Phi) is 4.00. The van der Waals surface area contributed by atoms with Crippen molar-refractivity contribution in [2.24, 2.45) is 5.92 Å². The van der Waals surface area contributed by atoms with Crippen LogP contribution < -0.4 is 0 Å². The maximum Gasteiger partial charge on any atom is 0.329 e. The molecule has 114 valence electrons. The zero-order chi connectivity index (χ0) is 15.0. The highest BCUT2D eigenvalue weighted by atomic mass is 19.3. The van der Waals surface area contributed by atoms with Crippen LogP contribution in [0.5, 0.6) is 0 Å². The lowest BCUT2D eigenvalue weighted by Gasteiger charge is -2.48. The average Bonchev–Trinajstić information content (AvgIpc) is 2.32. The van der Waals surface area contributed by atoms with E-state index in [0.29, 0.717) is 13.1 Å². The van der Waals surface area contributed by atoms with E-state index >= 15 is 0 Å². The van der Waals surface area contributed by atoms with Crippen LogP contribution in [0.25, 0.3) is 0 Å². The Morgan fingerprint density at radius 1 is 1.30 bits per heavy atom. The molecule has 0 aromatic rings. The molecular weight excluding hydrogens is 272 g/mol. The molecule has 0 aromatic carbocycles. The van der Waals surface area contributed by atoms with Gasteiger partial charge in [0.05, 0.1) is 13.1 Å². The summed E-state index contributed by atoms with van der Waals surface area (Å²) in [7, 11) is 0. The average molecular weight is 291 g/mol. The highest BCUT2D eigenvalue weighted by molar-refractivity contribution is 5.80. The summed E-state index contributed by atoms with van der Waals surface area (Å²) in [5.41, 5.74) is -0.632. The SMILES string of the molecule is CC1(OCC(=O)O)CN(C(=O)C2CCC(F)(F)CC2)C1. The molecule has 0 unspecified atom stereocenters. The third-order valence-corrected chi connectivity index (χ3v) is 3.97. The first-order valence-electron chi connectivity index (χ1n) is 6.73. The lowest BCUT2D eigenvalue weighted by atomic mass is 9.84. The monoisotopic (exact) mass is 291 g/mol. The Balaban J connectivity index is 1.78. The Hall–Kier alpha value is -1.24. The van der Waals surface area contributed by atoms with Gasteiger partial charge in [-0.05, 0) is 19.8 Å². The lowest BCUT2D eigenvalue weighted by Crippen LogP contribution is -2.64. The van der Waals surface area contributed by atoms with E-state index in [9.17, 15) is 18.4 Å². The molecule has 2 aliphatic rings. The number of likely N-dealkylation sites (tertiary alicyclic amines) is 1. The number of amides is 1. The first-order chi connectivity index (χ1) is 9.21. The highest BCUT2D eigenvalue weighted by Gasteiger charge is 2.46. The largest absolute Gasteiger partial charge is 0.480 e. The van der Waals surface area contributed by atoms with Gasteiger partial charge in [0.1, 0.15) is 12.2 Å². The number of rotatable bonds is 4. The van der Waals surface area contributed by atoms with Crippen LogP contribution in [0.15, 0.2) is 0 Å². The maximum atomic E-state index is 13.0. The van der Waals surface area contributed by atoms with Crippen LogP contribution in [0.1, 0.15) is 32.6 Å². The fourth-order valence-electron chi connectivity index (χ4n) is 2.79. The van der Waals surface area contributed by atoms with Crippen molar-refractivity contribution in [1.29, 1.82) is 0 Å². The number of aliphatic carboxylic acids is 1. The molecule has 0 spiro atoms. The van der Waals surface area contributed by atoms with Gasteiger partial charge in [0, 0.05) is 18.8 Å². The van der Waals surface area contributed by atoms with E-state index in [-0.39, 0.29) is 37.5 Å². The summed E-state index contributed by atoms with van der Waals surface area (Å²) in [5, 5.41) is 8.55. The second-order valence-electron chi connectivity index (χ2n) is 5.96. The number of halogens is 2. The summed E-state index contributed by atoms with van der Waals surface area (Å²) in [6, 6.07) is 0. The number of nitrogens with zero attached hydrogens (tertiary/aromatic N) is 1. The second-order valence-corrected chi connectivity index (χ2v) is 5.96. The molecule has 1 heterocycles. The van der Waals surface area contributed by atoms with Crippen LogP contribution in [0.3, 0.4) is 0 Å². The minimum absolute atomic E-state index is 0.114. The molecule has 0 aromatic heterocycles. The van der Waals surface area contributed by atoms with Gasteiger partial charge in [0.2, 0.25) is 11.8 Å². The molecule has 0 bridgehead atoms. The second kappa shape index (κ2) is 5.27. The fraction of sp³-hybridized carbons (Fsp3) is 0.846. The van der Waals surface area contributed by atoms with Crippen molar-refractivity contribution in [3.05, 3.63) is 0 Å². The van der Waals surface area contributed by atoms with E-state index in [1.165, 1.54) is 0 Å². The van der Waals surface area contributed by atoms with Crippen LogP contribution in [0.4, 0.5) is 8.78 Å². The molecule has 0 radical (unpaired) electrons. The van der Waals surface area contributed by atoms with Gasteiger partial charge in [-0.15, -0.1) is 0 Å². The maximum absolute atomic E-state index is 13.0. The molecule has 0 atom stereocenters. The molecule has 1 aliphatic heterocycles. The first-order valence-corrected chi connectivity index (χ1v) is 6.73. The van der Waals surface area contributed by atoms with Gasteiger partial charge in [0.25, 0.3) is 0 Å². The van der Waals surface area contributed by atoms with E-state index in [4.69, 9.17) is 9.84 Å². The normalized spacial score (nSPS) is 25.1. The topological polar surface area (TPSA) is 66.8 Å². The van der Waals surface area contributed by atoms with E-state index in [1.807, 2.05) is 0 Å². The van der Waals surface area contributed by atoms with Crippen molar-refractivity contribution in [3.63, 3.8) is 0 Å². The van der Waals surface area contributed by atoms with Crippen molar-refractivity contribution in [2.45, 2.75) is 44.1 Å². The van der Waals surface area contributed by atoms with Crippen LogP contribution in [-0.4, -0.2) is 53.1 Å². The van der Waals surface area contributed by atoms with E-state index in [1.54, 1.807) is 11.8 Å². The number of carboxylic acids is 1. The van der Waals surface area contributed by atoms with Gasteiger partial charge in [-0.3, -0.25) is 4.79 Å². The first kappa shape index (κ1) is 15.2. The van der Waals surface area contributed by atoms with Crippen LogP contribution in [0, 0.1) is 5.92 Å². The molecule has 1 aliphatic carbocycles. The molecule has 2 fully saturated rings. The van der Waals surface area contributed by atoms with Crippen LogP contribution >= 0.6 is 0 Å². The fourth-order valence-corrected chi connectivity index (χ4v) is 2.79. The summed E-state index contributed by atoms with van der Waals surface area (Å²) in [6.07, 6.45) is -0.0296. The van der Waals surface area contributed by atoms with Gasteiger partial charge in [0.15, 0.2) is 0 Å². The zero-order valence-electron chi connectivity index (χ0n) is 11.4. The molecule has 1 saturated heterocycles. The molecular formula is C13H19F2NO4. The molecule has 1 amide bonds. The van der Waals surface area contributed by atoms with Crippen molar-refractivity contribution in [3.8, 4) is 0 Å². The van der Waals surface area contributed by atoms with Gasteiger partial charge >= 0.3 is 5.97 Å². The third-order valence-electron chi connectivity index (χ3n) is 3.97. The predicted octanol–water partition coefficient (Wildman–Crippen LogP) is 1.51. The summed E-state index contributed by atoms with van der Waals surface area (Å²) in [5.74, 6) is -4.13. The summed E-state index contributed by atoms with van der Waals surface area (Å²) < 4.78 is 31.3. The third kappa shape index (κ3) is 3.45. The van der Waals surface area contributed by atoms with E-state index in [2.05, 4.69) is 0 Å². The number of alkyl halides is 2. The Labute approximate surface area is 115 Å². The molecule has 1 N–H and O–H groups in total. The quantitative estimate of drug-likeness (QED) is 0.852. The standard InChI is InChI=1S/C13H19F2NO4/c1-12(20-6-10(17)18)7-16(8-12)11(19)9-2-4-13(14,15)5-3-9/h9H,2-8H2,1H3,(H,17,18). The summed E-state index contributed by atoms with van der Waals surface area (Å²) in [6.45, 7) is 2.00. The number of carboxylic acid groups (broad SMARTS) is 1. The molecule has 1 saturated carbocycles. The number of hydrogen-bond acceptors (Lipinski definition) is 3. The predicted molar refractivity (Wildman–Crippen MR) is 65.5 cm³/mol. The summed E-state index contributed by atoms with van der Waals surface area (Å²) >= 11 is 0. The molecule has 5 nitrogen and oxygen atoms in total. The van der Waals surface area contributed by atoms with Gasteiger partial charge < -0.3 is 14.7 Å². The number of hydrogen-bond donors (Lipinski definition) is 1. The van der Waals surface area contributed by atoms with E-state index < -0.39 is 24.1 Å². The summed E-state index contributed by atoms with van der Waals surface area (Å²) in [4.78, 5) is 24.1. The van der Waals surface area contributed by atoms with Crippen molar-refractivity contribution in [2.75, 3.05) is 19.7 Å². The number of carbonyl (C=O) groups excluding carboxylic acids is 1. The van der Waals surface area contributed by atoms with Gasteiger partial charge in [-0.25, -0.2) is 13.6 Å². The molecule has 7 heteroatoms. The lowest BCUT2D eigenvalue weighted by molar-refractivity contribution is -0.177. The molecule has 2 rings (SSSR count). The Morgan fingerprint density at radius 2 is 1.85 bits per heavy atom. The van der Waals surface area contributed by atoms with Crippen molar-refractivity contribution in [1.82, 2.24) is 4.90 Å². The minimum Gasteiger partial charge on any atom is -0.480 e. The minimum atomic E-state index is -2.63. The van der Waals surface area contributed by atoms with Crippen LogP contribution in [-0.2, 0) is 14.3 Å². The Bertz CT molecular complexity index is 397. The number of carbonyl (C=O) groups is 2. The highest BCUT2D eigenvalue weighted by Crippen LogP contribution is 2.38. The van der Waals surface area contributed by atoms with Crippen LogP contribution in [0.2, 0.25) is 0 Å². The van der Waals surface area contributed by atoms with Crippen molar-refractivity contribution < 1.29 is 28.2 Å².